The van der Waals surface area contributed by atoms with Crippen LogP contribution in [0.1, 0.15) is 19.8 Å². The Morgan fingerprint density at radius 1 is 1.52 bits per heavy atom. The molecule has 0 radical (unpaired) electrons. The maximum Gasteiger partial charge on any atom is 0.244 e. The summed E-state index contributed by atoms with van der Waals surface area (Å²) in [4.78, 5) is 6.48. The molecule has 1 saturated heterocycles. The highest BCUT2D eigenvalue weighted by Crippen LogP contribution is 2.23. The second kappa shape index (κ2) is 7.04. The maximum absolute atomic E-state index is 12.6. The lowest BCUT2D eigenvalue weighted by Crippen LogP contribution is -2.46. The number of aromatic nitrogens is 1. The fourth-order valence-corrected chi connectivity index (χ4v) is 4.37. The van der Waals surface area contributed by atoms with Crippen LogP contribution in [-0.4, -0.2) is 51.0 Å². The van der Waals surface area contributed by atoms with Crippen LogP contribution in [0.15, 0.2) is 21.6 Å². The molecule has 2 N–H and O–H groups in total. The number of likely N-dealkylation sites (N-methyl/N-ethyl adjacent to an activating group) is 1. The van der Waals surface area contributed by atoms with Crippen molar-refractivity contribution in [2.24, 2.45) is 0 Å². The summed E-state index contributed by atoms with van der Waals surface area (Å²) >= 11 is 3.28. The number of piperidine rings is 1. The van der Waals surface area contributed by atoms with Gasteiger partial charge in [-0.25, -0.2) is 18.1 Å². The second-order valence-corrected chi connectivity index (χ2v) is 7.85. The summed E-state index contributed by atoms with van der Waals surface area (Å²) in [7, 11) is -1.59. The Balaban J connectivity index is 2.24. The fraction of sp³-hybridized carbons (Fsp3) is 0.615. The van der Waals surface area contributed by atoms with Gasteiger partial charge in [-0.1, -0.05) is 0 Å². The van der Waals surface area contributed by atoms with Crippen LogP contribution in [0.5, 0.6) is 0 Å². The summed E-state index contributed by atoms with van der Waals surface area (Å²) in [5.74, 6) is 0.386. The second-order valence-electron chi connectivity index (χ2n) is 5.25. The summed E-state index contributed by atoms with van der Waals surface area (Å²) in [6, 6.07) is 1.53. The summed E-state index contributed by atoms with van der Waals surface area (Å²) in [5.41, 5.74) is 0. The quantitative estimate of drug-likeness (QED) is 0.816. The summed E-state index contributed by atoms with van der Waals surface area (Å²) in [6.07, 6.45) is 3.45. The normalized spacial score (nSPS) is 20.4. The summed E-state index contributed by atoms with van der Waals surface area (Å²) in [6.45, 7) is 4.27. The average molecular weight is 377 g/mol. The topological polar surface area (TPSA) is 74.3 Å². The molecule has 1 aromatic rings. The van der Waals surface area contributed by atoms with Crippen LogP contribution in [0, 0.1) is 0 Å². The maximum atomic E-state index is 12.6. The van der Waals surface area contributed by atoms with Crippen molar-refractivity contribution >= 4 is 31.8 Å². The molecule has 0 amide bonds. The number of hydrogen-bond acceptors (Lipinski definition) is 5. The Morgan fingerprint density at radius 3 is 2.95 bits per heavy atom. The zero-order valence-corrected chi connectivity index (χ0v) is 14.7. The highest BCUT2D eigenvalue weighted by Gasteiger charge is 2.26. The first-order valence-electron chi connectivity index (χ1n) is 7.02. The number of halogens is 1. The molecular weight excluding hydrogens is 356 g/mol. The number of nitrogens with one attached hydrogen (secondary N) is 2. The van der Waals surface area contributed by atoms with E-state index in [0.717, 1.165) is 25.9 Å². The van der Waals surface area contributed by atoms with Crippen LogP contribution in [0.25, 0.3) is 0 Å². The number of rotatable bonds is 5. The van der Waals surface area contributed by atoms with Crippen molar-refractivity contribution < 1.29 is 8.42 Å². The van der Waals surface area contributed by atoms with E-state index >= 15 is 0 Å². The van der Waals surface area contributed by atoms with Crippen molar-refractivity contribution in [1.29, 1.82) is 0 Å². The van der Waals surface area contributed by atoms with Crippen LogP contribution < -0.4 is 10.0 Å². The van der Waals surface area contributed by atoms with Crippen molar-refractivity contribution in [2.45, 2.75) is 30.7 Å². The SMILES string of the molecule is CCNc1ncc(Br)cc1S(=O)(=O)NC1CCCN(C)C1. The lowest BCUT2D eigenvalue weighted by molar-refractivity contribution is 0.242. The minimum atomic E-state index is -3.59. The third-order valence-corrected chi connectivity index (χ3v) is 5.37. The lowest BCUT2D eigenvalue weighted by atomic mass is 10.1. The van der Waals surface area contributed by atoms with E-state index in [1.165, 1.54) is 0 Å². The Morgan fingerprint density at radius 2 is 2.29 bits per heavy atom. The van der Waals surface area contributed by atoms with E-state index in [1.54, 1.807) is 12.3 Å². The van der Waals surface area contributed by atoms with Crippen LogP contribution in [0.3, 0.4) is 0 Å². The first-order valence-corrected chi connectivity index (χ1v) is 9.30. The van der Waals surface area contributed by atoms with Gasteiger partial charge in [-0.3, -0.25) is 0 Å². The van der Waals surface area contributed by atoms with Crippen molar-refractivity contribution in [3.8, 4) is 0 Å². The Labute approximate surface area is 134 Å². The molecule has 0 spiro atoms. The molecule has 1 fully saturated rings. The van der Waals surface area contributed by atoms with E-state index in [2.05, 4.69) is 35.9 Å². The molecule has 2 rings (SSSR count). The number of nitrogens with zero attached hydrogens (tertiary/aromatic N) is 2. The van der Waals surface area contributed by atoms with E-state index in [4.69, 9.17) is 0 Å². The minimum Gasteiger partial charge on any atom is -0.369 e. The zero-order valence-electron chi connectivity index (χ0n) is 12.3. The third-order valence-electron chi connectivity index (χ3n) is 3.40. The van der Waals surface area contributed by atoms with Gasteiger partial charge in [0.1, 0.15) is 10.7 Å². The number of anilines is 1. The summed E-state index contributed by atoms with van der Waals surface area (Å²) in [5, 5.41) is 2.99. The van der Waals surface area contributed by atoms with Gasteiger partial charge in [0, 0.05) is 29.8 Å². The molecule has 8 heteroatoms. The largest absolute Gasteiger partial charge is 0.369 e. The van der Waals surface area contributed by atoms with Crippen molar-refractivity contribution in [2.75, 3.05) is 32.0 Å². The van der Waals surface area contributed by atoms with E-state index in [9.17, 15) is 8.42 Å². The molecule has 1 atom stereocenters. The lowest BCUT2D eigenvalue weighted by Gasteiger charge is -2.30. The first-order chi connectivity index (χ1) is 9.92. The predicted octanol–water partition coefficient (Wildman–Crippen LogP) is 1.65. The van der Waals surface area contributed by atoms with Crippen LogP contribution in [0.4, 0.5) is 5.82 Å². The van der Waals surface area contributed by atoms with Crippen LogP contribution >= 0.6 is 15.9 Å². The minimum absolute atomic E-state index is 0.0535. The van der Waals surface area contributed by atoms with Gasteiger partial charge in [-0.05, 0) is 55.4 Å². The first kappa shape index (κ1) is 16.7. The molecule has 118 valence electrons. The van der Waals surface area contributed by atoms with Gasteiger partial charge >= 0.3 is 0 Å². The zero-order chi connectivity index (χ0) is 15.5. The van der Waals surface area contributed by atoms with Gasteiger partial charge in [0.2, 0.25) is 10.0 Å². The van der Waals surface area contributed by atoms with E-state index in [0.29, 0.717) is 16.8 Å². The molecule has 0 aliphatic carbocycles. The molecule has 1 unspecified atom stereocenters. The van der Waals surface area contributed by atoms with Gasteiger partial charge < -0.3 is 10.2 Å². The van der Waals surface area contributed by atoms with Gasteiger partial charge in [0.25, 0.3) is 0 Å². The molecule has 0 aromatic carbocycles. The van der Waals surface area contributed by atoms with Gasteiger partial charge in [-0.15, -0.1) is 0 Å². The Kier molecular flexibility index (Phi) is 5.59. The standard InChI is InChI=1S/C13H21BrN4O2S/c1-3-15-13-12(7-10(14)8-16-13)21(19,20)17-11-5-4-6-18(2)9-11/h7-8,11,17H,3-6,9H2,1-2H3,(H,15,16). The van der Waals surface area contributed by atoms with Crippen molar-refractivity contribution in [1.82, 2.24) is 14.6 Å². The highest BCUT2D eigenvalue weighted by atomic mass is 79.9. The predicted molar refractivity (Wildman–Crippen MR) is 86.9 cm³/mol. The van der Waals surface area contributed by atoms with Crippen LogP contribution in [0.2, 0.25) is 0 Å². The van der Waals surface area contributed by atoms with E-state index in [1.807, 2.05) is 14.0 Å². The third kappa shape index (κ3) is 4.38. The monoisotopic (exact) mass is 376 g/mol. The number of pyridine rings is 1. The van der Waals surface area contributed by atoms with Crippen LogP contribution in [-0.2, 0) is 10.0 Å². The summed E-state index contributed by atoms with van der Waals surface area (Å²) < 4.78 is 28.7. The molecule has 21 heavy (non-hydrogen) atoms. The van der Waals surface area contributed by atoms with Gasteiger partial charge in [0.05, 0.1) is 0 Å². The molecule has 1 aliphatic rings. The average Bonchev–Trinajstić information content (AvgIpc) is 2.40. The Bertz CT molecular complexity index is 594. The molecule has 1 aliphatic heterocycles. The van der Waals surface area contributed by atoms with Crippen molar-refractivity contribution in [3.63, 3.8) is 0 Å². The molecule has 0 saturated carbocycles. The van der Waals surface area contributed by atoms with Gasteiger partial charge in [-0.2, -0.15) is 0 Å². The smallest absolute Gasteiger partial charge is 0.244 e. The number of hydrogen-bond donors (Lipinski definition) is 2. The number of likely N-dealkylation sites (tertiary alicyclic amines) is 1. The molecule has 0 bridgehead atoms. The number of sulfonamides is 1. The molecular formula is C13H21BrN4O2S. The Hall–Kier alpha value is -0.700. The fourth-order valence-electron chi connectivity index (χ4n) is 2.47. The van der Waals surface area contributed by atoms with E-state index in [-0.39, 0.29) is 10.9 Å². The molecule has 6 nitrogen and oxygen atoms in total. The molecule has 1 aromatic heterocycles. The highest BCUT2D eigenvalue weighted by molar-refractivity contribution is 9.10. The van der Waals surface area contributed by atoms with Gasteiger partial charge in [0.15, 0.2) is 0 Å². The molecule has 2 heterocycles. The van der Waals surface area contributed by atoms with Crippen molar-refractivity contribution in [3.05, 3.63) is 16.7 Å². The van der Waals surface area contributed by atoms with E-state index < -0.39 is 10.0 Å².